The quantitative estimate of drug-likeness (QED) is 0.319. The summed E-state index contributed by atoms with van der Waals surface area (Å²) < 4.78 is 50.4. The van der Waals surface area contributed by atoms with E-state index in [4.69, 9.17) is 4.74 Å². The van der Waals surface area contributed by atoms with Gasteiger partial charge in [-0.05, 0) is 31.3 Å². The highest BCUT2D eigenvalue weighted by atomic mass is 19.2. The molecule has 4 aromatic rings. The lowest BCUT2D eigenvalue weighted by molar-refractivity contribution is -0.125. The van der Waals surface area contributed by atoms with Gasteiger partial charge in [0.15, 0.2) is 17.5 Å². The molecule has 2 aromatic heterocycles. The van der Waals surface area contributed by atoms with Crippen molar-refractivity contribution in [2.24, 2.45) is 0 Å². The maximum absolute atomic E-state index is 16.1. The van der Waals surface area contributed by atoms with Crippen molar-refractivity contribution in [2.45, 2.75) is 24.9 Å². The largest absolute Gasteiger partial charge is 0.467 e. The third kappa shape index (κ3) is 4.73. The number of fused-ring (bicyclic) bond motifs is 2. The van der Waals surface area contributed by atoms with Crippen LogP contribution in [0.4, 0.5) is 19.0 Å². The number of aromatic nitrogens is 3. The molecule has 212 valence electrons. The molecule has 0 unspecified atom stereocenters. The van der Waals surface area contributed by atoms with Crippen LogP contribution in [0.5, 0.6) is 6.01 Å². The standard InChI is InChI=1S/C30H29F3N6O2/c1-37-13-11-18(37)8-10-23(40)39-14-12-19(16-39)38(2)29-21-15-34-27(26(33)28(21)35-30(36-29)41-3)20-6-4-5-17-7-9-22(31)25(32)24(17)20/h4-10,15,18-19H,11-14,16H2,1-3H3/b10-8+/t18-,19+/m0/s1. The van der Waals surface area contributed by atoms with Gasteiger partial charge in [0.1, 0.15) is 17.0 Å². The summed E-state index contributed by atoms with van der Waals surface area (Å²) in [6.45, 7) is 2.09. The van der Waals surface area contributed by atoms with Gasteiger partial charge in [-0.2, -0.15) is 9.97 Å². The first-order valence-electron chi connectivity index (χ1n) is 13.4. The molecule has 0 radical (unpaired) electrons. The zero-order valence-corrected chi connectivity index (χ0v) is 22.9. The number of nitrogens with zero attached hydrogens (tertiary/aromatic N) is 6. The molecule has 2 aromatic carbocycles. The zero-order valence-electron chi connectivity index (χ0n) is 22.9. The van der Waals surface area contributed by atoms with Crippen LogP contribution in [0, 0.1) is 17.5 Å². The number of ether oxygens (including phenoxy) is 1. The number of pyridine rings is 1. The molecule has 0 N–H and O–H groups in total. The molecule has 1 amide bonds. The van der Waals surface area contributed by atoms with Crippen LogP contribution in [0.3, 0.4) is 0 Å². The van der Waals surface area contributed by atoms with Gasteiger partial charge in [0, 0.05) is 62.0 Å². The highest BCUT2D eigenvalue weighted by Gasteiger charge is 2.31. The van der Waals surface area contributed by atoms with Crippen molar-refractivity contribution in [3.8, 4) is 17.3 Å². The van der Waals surface area contributed by atoms with Crippen LogP contribution >= 0.6 is 0 Å². The lowest BCUT2D eigenvalue weighted by atomic mass is 10.00. The van der Waals surface area contributed by atoms with Crippen LogP contribution < -0.4 is 9.64 Å². The molecule has 2 fully saturated rings. The topological polar surface area (TPSA) is 74.7 Å². The summed E-state index contributed by atoms with van der Waals surface area (Å²) in [6, 6.07) is 7.39. The number of likely N-dealkylation sites (N-methyl/N-ethyl adjacent to an activating group) is 2. The highest BCUT2D eigenvalue weighted by Crippen LogP contribution is 2.36. The molecule has 2 atom stereocenters. The van der Waals surface area contributed by atoms with Crippen molar-refractivity contribution in [1.82, 2.24) is 24.8 Å². The van der Waals surface area contributed by atoms with Crippen molar-refractivity contribution >= 4 is 33.4 Å². The Hall–Kier alpha value is -4.25. The minimum absolute atomic E-state index is 0.0394. The molecule has 2 aliphatic heterocycles. The Labute approximate surface area is 235 Å². The van der Waals surface area contributed by atoms with Gasteiger partial charge >= 0.3 is 6.01 Å². The summed E-state index contributed by atoms with van der Waals surface area (Å²) in [7, 11) is 5.24. The van der Waals surface area contributed by atoms with Gasteiger partial charge in [0.25, 0.3) is 0 Å². The first kappa shape index (κ1) is 26.9. The molecular weight excluding hydrogens is 533 g/mol. The third-order valence-corrected chi connectivity index (χ3v) is 8.18. The Morgan fingerprint density at radius 1 is 1.10 bits per heavy atom. The number of rotatable bonds is 6. The van der Waals surface area contributed by atoms with E-state index in [0.29, 0.717) is 42.1 Å². The minimum Gasteiger partial charge on any atom is -0.467 e. The number of methoxy groups -OCH3 is 1. The van der Waals surface area contributed by atoms with E-state index < -0.39 is 17.5 Å². The summed E-state index contributed by atoms with van der Waals surface area (Å²) in [5, 5.41) is 0.683. The molecule has 6 rings (SSSR count). The number of carbonyl (C=O) groups is 1. The van der Waals surface area contributed by atoms with E-state index in [1.807, 2.05) is 25.1 Å². The molecule has 11 heteroatoms. The van der Waals surface area contributed by atoms with Crippen LogP contribution in [0.15, 0.2) is 48.7 Å². The Bertz CT molecular complexity index is 1700. The van der Waals surface area contributed by atoms with Crippen LogP contribution in [-0.2, 0) is 4.79 Å². The fourth-order valence-electron chi connectivity index (χ4n) is 5.59. The average Bonchev–Trinajstić information content (AvgIpc) is 3.48. The molecule has 2 aliphatic rings. The molecule has 8 nitrogen and oxygen atoms in total. The Morgan fingerprint density at radius 2 is 1.93 bits per heavy atom. The number of halogens is 3. The van der Waals surface area contributed by atoms with Crippen molar-refractivity contribution < 1.29 is 22.7 Å². The number of hydrogen-bond acceptors (Lipinski definition) is 7. The fraction of sp³-hybridized carbons (Fsp3) is 0.333. The molecule has 0 bridgehead atoms. The second kappa shape index (κ2) is 10.6. The number of hydrogen-bond donors (Lipinski definition) is 0. The lowest BCUT2D eigenvalue weighted by Gasteiger charge is -2.35. The molecule has 2 saturated heterocycles. The van der Waals surface area contributed by atoms with Crippen LogP contribution in [0.1, 0.15) is 12.8 Å². The number of likely N-dealkylation sites (tertiary alicyclic amines) is 2. The second-order valence-electron chi connectivity index (χ2n) is 10.5. The van der Waals surface area contributed by atoms with E-state index in [9.17, 15) is 13.6 Å². The van der Waals surface area contributed by atoms with Gasteiger partial charge in [-0.15, -0.1) is 0 Å². The highest BCUT2D eigenvalue weighted by molar-refractivity contribution is 5.99. The molecule has 4 heterocycles. The van der Waals surface area contributed by atoms with Gasteiger partial charge in [0.05, 0.1) is 12.5 Å². The smallest absolute Gasteiger partial charge is 0.318 e. The maximum Gasteiger partial charge on any atom is 0.318 e. The normalized spacial score (nSPS) is 19.3. The Balaban J connectivity index is 1.34. The number of anilines is 1. The van der Waals surface area contributed by atoms with Crippen molar-refractivity contribution in [2.75, 3.05) is 45.7 Å². The maximum atomic E-state index is 16.1. The number of amides is 1. The number of benzene rings is 2. The van der Waals surface area contributed by atoms with Crippen molar-refractivity contribution in [1.29, 1.82) is 0 Å². The third-order valence-electron chi connectivity index (χ3n) is 8.18. The van der Waals surface area contributed by atoms with Gasteiger partial charge in [0.2, 0.25) is 5.91 Å². The second-order valence-corrected chi connectivity index (χ2v) is 10.5. The van der Waals surface area contributed by atoms with E-state index in [-0.39, 0.29) is 40.1 Å². The van der Waals surface area contributed by atoms with E-state index in [2.05, 4.69) is 19.9 Å². The summed E-state index contributed by atoms with van der Waals surface area (Å²) >= 11 is 0. The summed E-state index contributed by atoms with van der Waals surface area (Å²) in [5.74, 6) is -2.55. The SMILES string of the molecule is COc1nc(N(C)[C@@H]2CCN(C(=O)/C=C/[C@H]3CCN3C)C2)c2cnc(-c3cccc4ccc(F)c(F)c34)c(F)c2n1. The average molecular weight is 563 g/mol. The molecule has 41 heavy (non-hydrogen) atoms. The van der Waals surface area contributed by atoms with Crippen LogP contribution in [-0.4, -0.2) is 83.6 Å². The van der Waals surface area contributed by atoms with E-state index in [1.54, 1.807) is 23.1 Å². The predicted molar refractivity (Wildman–Crippen MR) is 150 cm³/mol. The van der Waals surface area contributed by atoms with Gasteiger partial charge < -0.3 is 14.5 Å². The minimum atomic E-state index is -1.07. The predicted octanol–water partition coefficient (Wildman–Crippen LogP) is 4.57. The van der Waals surface area contributed by atoms with Crippen LogP contribution in [0.2, 0.25) is 0 Å². The molecule has 0 spiro atoms. The first-order valence-corrected chi connectivity index (χ1v) is 13.4. The van der Waals surface area contributed by atoms with Gasteiger partial charge in [-0.1, -0.05) is 30.3 Å². The van der Waals surface area contributed by atoms with Gasteiger partial charge in [-0.25, -0.2) is 13.2 Å². The fourth-order valence-corrected chi connectivity index (χ4v) is 5.59. The number of carbonyl (C=O) groups excluding carboxylic acids is 1. The van der Waals surface area contributed by atoms with Gasteiger partial charge in [-0.3, -0.25) is 14.7 Å². The lowest BCUT2D eigenvalue weighted by Crippen LogP contribution is -2.43. The van der Waals surface area contributed by atoms with Crippen molar-refractivity contribution in [3.63, 3.8) is 0 Å². The Morgan fingerprint density at radius 3 is 2.66 bits per heavy atom. The Kier molecular flexibility index (Phi) is 6.98. The molecule has 0 saturated carbocycles. The van der Waals surface area contributed by atoms with E-state index in [0.717, 1.165) is 19.0 Å². The summed E-state index contributed by atoms with van der Waals surface area (Å²) in [5.41, 5.74) is -0.114. The summed E-state index contributed by atoms with van der Waals surface area (Å²) in [6.07, 6.45) is 6.78. The first-order chi connectivity index (χ1) is 19.8. The van der Waals surface area contributed by atoms with Crippen molar-refractivity contribution in [3.05, 3.63) is 66.1 Å². The van der Waals surface area contributed by atoms with E-state index in [1.165, 1.54) is 25.4 Å². The van der Waals surface area contributed by atoms with Crippen LogP contribution in [0.25, 0.3) is 32.9 Å². The molecular formula is C30H29F3N6O2. The monoisotopic (exact) mass is 562 g/mol. The summed E-state index contributed by atoms with van der Waals surface area (Å²) in [4.78, 5) is 31.8. The van der Waals surface area contributed by atoms with E-state index >= 15 is 4.39 Å². The zero-order chi connectivity index (χ0) is 28.8. The molecule has 0 aliphatic carbocycles.